The zero-order valence-electron chi connectivity index (χ0n) is 11.6. The van der Waals surface area contributed by atoms with Crippen molar-refractivity contribution in [3.8, 4) is 0 Å². The maximum Gasteiger partial charge on any atom is 0.246 e. The minimum atomic E-state index is -0.107. The van der Waals surface area contributed by atoms with Crippen LogP contribution in [0.4, 0.5) is 0 Å². The zero-order chi connectivity index (χ0) is 14.0. The van der Waals surface area contributed by atoms with Gasteiger partial charge in [-0.25, -0.2) is 0 Å². The molecule has 1 fully saturated rings. The molecule has 0 saturated carbocycles. The Morgan fingerprint density at radius 3 is 3.15 bits per heavy atom. The Bertz CT molecular complexity index is 394. The molecule has 0 aliphatic carbocycles. The molecule has 0 unspecified atom stereocenters. The summed E-state index contributed by atoms with van der Waals surface area (Å²) in [6.45, 7) is 1.93. The third-order valence-corrected chi connectivity index (χ3v) is 3.13. The van der Waals surface area contributed by atoms with Crippen molar-refractivity contribution in [1.82, 2.24) is 15.3 Å². The molecule has 1 N–H and O–H groups in total. The highest BCUT2D eigenvalue weighted by Crippen LogP contribution is 2.12. The number of rotatable bonds is 7. The molecule has 6 heteroatoms. The summed E-state index contributed by atoms with van der Waals surface area (Å²) < 4.78 is 10.9. The lowest BCUT2D eigenvalue weighted by atomic mass is 10.1. The third kappa shape index (κ3) is 5.63. The second-order valence-corrected chi connectivity index (χ2v) is 4.80. The molecule has 2 heterocycles. The van der Waals surface area contributed by atoms with E-state index in [1.807, 2.05) is 0 Å². The molecule has 1 saturated heterocycles. The van der Waals surface area contributed by atoms with Crippen molar-refractivity contribution in [2.45, 2.75) is 31.8 Å². The van der Waals surface area contributed by atoms with Crippen LogP contribution in [-0.4, -0.2) is 48.3 Å². The molecule has 1 amide bonds. The van der Waals surface area contributed by atoms with Crippen LogP contribution in [0.25, 0.3) is 0 Å². The molecule has 1 aliphatic heterocycles. The summed E-state index contributed by atoms with van der Waals surface area (Å²) in [5.41, 5.74) is 0.865. The fourth-order valence-electron chi connectivity index (χ4n) is 2.06. The highest BCUT2D eigenvalue weighted by molar-refractivity contribution is 5.77. The van der Waals surface area contributed by atoms with Gasteiger partial charge in [-0.15, -0.1) is 0 Å². The lowest BCUT2D eigenvalue weighted by Gasteiger charge is -2.22. The first-order valence-electron chi connectivity index (χ1n) is 7.05. The molecular formula is C14H21N3O3. The maximum absolute atomic E-state index is 11.6. The van der Waals surface area contributed by atoms with Crippen LogP contribution in [0, 0.1) is 0 Å². The Labute approximate surface area is 118 Å². The number of nitrogens with zero attached hydrogens (tertiary/aromatic N) is 2. The van der Waals surface area contributed by atoms with E-state index in [2.05, 4.69) is 15.3 Å². The summed E-state index contributed by atoms with van der Waals surface area (Å²) in [4.78, 5) is 19.7. The average Bonchev–Trinajstić information content (AvgIpc) is 2.49. The van der Waals surface area contributed by atoms with Gasteiger partial charge in [0.15, 0.2) is 0 Å². The normalized spacial score (nSPS) is 18.7. The quantitative estimate of drug-likeness (QED) is 0.796. The topological polar surface area (TPSA) is 73.3 Å². The smallest absolute Gasteiger partial charge is 0.246 e. The van der Waals surface area contributed by atoms with Crippen molar-refractivity contribution in [2.75, 3.05) is 26.4 Å². The number of ether oxygens (including phenoxy) is 2. The van der Waals surface area contributed by atoms with Crippen molar-refractivity contribution < 1.29 is 14.3 Å². The van der Waals surface area contributed by atoms with Crippen molar-refractivity contribution in [3.63, 3.8) is 0 Å². The Balaban J connectivity index is 1.52. The maximum atomic E-state index is 11.6. The molecule has 6 nitrogen and oxygen atoms in total. The van der Waals surface area contributed by atoms with E-state index in [-0.39, 0.29) is 18.6 Å². The first kappa shape index (κ1) is 14.9. The summed E-state index contributed by atoms with van der Waals surface area (Å²) in [6.07, 6.45) is 9.12. The molecular weight excluding hydrogens is 258 g/mol. The van der Waals surface area contributed by atoms with Crippen molar-refractivity contribution in [2.24, 2.45) is 0 Å². The molecule has 1 atom stereocenters. The van der Waals surface area contributed by atoms with Crippen LogP contribution in [0.15, 0.2) is 18.6 Å². The zero-order valence-corrected chi connectivity index (χ0v) is 11.6. The Kier molecular flexibility index (Phi) is 6.40. The second-order valence-electron chi connectivity index (χ2n) is 4.80. The van der Waals surface area contributed by atoms with Crippen LogP contribution < -0.4 is 5.32 Å². The number of amides is 1. The number of aromatic nitrogens is 2. The van der Waals surface area contributed by atoms with E-state index in [4.69, 9.17) is 9.47 Å². The van der Waals surface area contributed by atoms with E-state index < -0.39 is 0 Å². The minimum Gasteiger partial charge on any atom is -0.376 e. The van der Waals surface area contributed by atoms with Crippen LogP contribution in [-0.2, 0) is 20.7 Å². The molecule has 2 rings (SSSR count). The van der Waals surface area contributed by atoms with Gasteiger partial charge in [0.05, 0.1) is 18.4 Å². The van der Waals surface area contributed by atoms with E-state index >= 15 is 0 Å². The van der Waals surface area contributed by atoms with Gasteiger partial charge in [-0.3, -0.25) is 14.8 Å². The molecule has 20 heavy (non-hydrogen) atoms. The lowest BCUT2D eigenvalue weighted by molar-refractivity contribution is -0.127. The van der Waals surface area contributed by atoms with Gasteiger partial charge < -0.3 is 14.8 Å². The van der Waals surface area contributed by atoms with Gasteiger partial charge in [0.2, 0.25) is 5.91 Å². The van der Waals surface area contributed by atoms with Crippen LogP contribution in [0.2, 0.25) is 0 Å². The van der Waals surface area contributed by atoms with Crippen molar-refractivity contribution in [1.29, 1.82) is 0 Å². The Hall–Kier alpha value is -1.53. The molecule has 1 aromatic rings. The van der Waals surface area contributed by atoms with E-state index in [0.29, 0.717) is 19.6 Å². The summed E-state index contributed by atoms with van der Waals surface area (Å²) in [7, 11) is 0. The molecule has 0 aromatic carbocycles. The minimum absolute atomic E-state index is 0.0837. The van der Waals surface area contributed by atoms with Gasteiger partial charge in [-0.05, 0) is 19.3 Å². The fourth-order valence-corrected chi connectivity index (χ4v) is 2.06. The number of carbonyl (C=O) groups excluding carboxylic acids is 1. The molecule has 0 radical (unpaired) electrons. The molecule has 1 aromatic heterocycles. The Morgan fingerprint density at radius 2 is 2.40 bits per heavy atom. The molecule has 110 valence electrons. The highest BCUT2D eigenvalue weighted by Gasteiger charge is 2.14. The predicted molar refractivity (Wildman–Crippen MR) is 73.2 cm³/mol. The largest absolute Gasteiger partial charge is 0.376 e. The molecule has 0 bridgehead atoms. The number of hydrogen-bond donors (Lipinski definition) is 1. The van der Waals surface area contributed by atoms with E-state index in [9.17, 15) is 4.79 Å². The van der Waals surface area contributed by atoms with Crippen LogP contribution >= 0.6 is 0 Å². The summed E-state index contributed by atoms with van der Waals surface area (Å²) >= 11 is 0. The number of nitrogens with one attached hydrogen (secondary N) is 1. The molecule has 1 aliphatic rings. The van der Waals surface area contributed by atoms with Gasteiger partial charge >= 0.3 is 0 Å². The van der Waals surface area contributed by atoms with Gasteiger partial charge in [0.1, 0.15) is 6.61 Å². The SMILES string of the molecule is O=C(COC[C@H]1CCCCO1)NCCc1cnccn1. The lowest BCUT2D eigenvalue weighted by Crippen LogP contribution is -2.32. The van der Waals surface area contributed by atoms with E-state index in [1.54, 1.807) is 18.6 Å². The standard InChI is InChI=1S/C14H21N3O3/c18-14(11-19-10-13-3-1-2-8-20-13)17-5-4-12-9-15-6-7-16-12/h6-7,9,13H,1-5,8,10-11H2,(H,17,18)/t13-/m1/s1. The first-order valence-corrected chi connectivity index (χ1v) is 7.05. The highest BCUT2D eigenvalue weighted by atomic mass is 16.5. The monoisotopic (exact) mass is 279 g/mol. The number of hydrogen-bond acceptors (Lipinski definition) is 5. The third-order valence-electron chi connectivity index (χ3n) is 3.13. The van der Waals surface area contributed by atoms with Crippen LogP contribution in [0.3, 0.4) is 0 Å². The summed E-state index contributed by atoms with van der Waals surface area (Å²) in [6, 6.07) is 0. The van der Waals surface area contributed by atoms with Gasteiger partial charge in [0.25, 0.3) is 0 Å². The van der Waals surface area contributed by atoms with Crippen LogP contribution in [0.1, 0.15) is 25.0 Å². The van der Waals surface area contributed by atoms with Crippen molar-refractivity contribution >= 4 is 5.91 Å². The molecule has 0 spiro atoms. The summed E-state index contributed by atoms with van der Waals surface area (Å²) in [5, 5.41) is 2.80. The summed E-state index contributed by atoms with van der Waals surface area (Å²) in [5.74, 6) is -0.107. The number of carbonyl (C=O) groups is 1. The first-order chi connectivity index (χ1) is 9.84. The van der Waals surface area contributed by atoms with E-state index in [1.165, 1.54) is 6.42 Å². The average molecular weight is 279 g/mol. The van der Waals surface area contributed by atoms with Gasteiger partial charge in [-0.2, -0.15) is 0 Å². The van der Waals surface area contributed by atoms with Gasteiger partial charge in [-0.1, -0.05) is 0 Å². The van der Waals surface area contributed by atoms with Gasteiger partial charge in [0, 0.05) is 38.2 Å². The van der Waals surface area contributed by atoms with Crippen molar-refractivity contribution in [3.05, 3.63) is 24.3 Å². The van der Waals surface area contributed by atoms with Crippen LogP contribution in [0.5, 0.6) is 0 Å². The van der Waals surface area contributed by atoms with E-state index in [0.717, 1.165) is 25.1 Å². The predicted octanol–water partition coefficient (Wildman–Crippen LogP) is 0.721. The fraction of sp³-hybridized carbons (Fsp3) is 0.643. The Morgan fingerprint density at radius 1 is 1.45 bits per heavy atom. The second kappa shape index (κ2) is 8.60.